The fraction of sp³-hybridized carbons (Fsp3) is 0.0714. The van der Waals surface area contributed by atoms with E-state index in [-0.39, 0.29) is 15.6 Å². The Balaban J connectivity index is 2.20. The Morgan fingerprint density at radius 2 is 1.58 bits per heavy atom. The molecule has 2 aromatic rings. The summed E-state index contributed by atoms with van der Waals surface area (Å²) >= 11 is 11.9. The van der Waals surface area contributed by atoms with Gasteiger partial charge in [0.05, 0.1) is 0 Å². The minimum atomic E-state index is -1.42. The molecule has 0 heterocycles. The van der Waals surface area contributed by atoms with Gasteiger partial charge < -0.3 is 10.4 Å². The SMILES string of the molecule is O=C(Nc1ccccc1)C(O)c1c(Cl)cccc1Cl. The molecule has 0 aliphatic heterocycles. The van der Waals surface area contributed by atoms with Crippen LogP contribution in [0.4, 0.5) is 5.69 Å². The highest BCUT2D eigenvalue weighted by Gasteiger charge is 2.22. The third-order valence-corrected chi connectivity index (χ3v) is 3.22. The molecule has 19 heavy (non-hydrogen) atoms. The van der Waals surface area contributed by atoms with Crippen molar-refractivity contribution in [1.82, 2.24) is 0 Å². The molecule has 0 aliphatic rings. The Morgan fingerprint density at radius 3 is 2.16 bits per heavy atom. The van der Waals surface area contributed by atoms with Crippen molar-refractivity contribution in [2.45, 2.75) is 6.10 Å². The number of carbonyl (C=O) groups excluding carboxylic acids is 1. The topological polar surface area (TPSA) is 49.3 Å². The summed E-state index contributed by atoms with van der Waals surface area (Å²) in [5, 5.41) is 13.1. The smallest absolute Gasteiger partial charge is 0.257 e. The molecule has 0 fully saturated rings. The molecule has 3 nitrogen and oxygen atoms in total. The molecule has 98 valence electrons. The van der Waals surface area contributed by atoms with Crippen LogP contribution in [0.5, 0.6) is 0 Å². The molecule has 1 atom stereocenters. The molecule has 0 saturated carbocycles. The van der Waals surface area contributed by atoms with Gasteiger partial charge in [-0.3, -0.25) is 4.79 Å². The number of aliphatic hydroxyl groups excluding tert-OH is 1. The number of hydrogen-bond donors (Lipinski definition) is 2. The van der Waals surface area contributed by atoms with Crippen LogP contribution in [0, 0.1) is 0 Å². The molecule has 0 saturated heterocycles. The van der Waals surface area contributed by atoms with Gasteiger partial charge in [-0.1, -0.05) is 47.5 Å². The van der Waals surface area contributed by atoms with Crippen molar-refractivity contribution in [2.24, 2.45) is 0 Å². The minimum absolute atomic E-state index is 0.208. The lowest BCUT2D eigenvalue weighted by molar-refractivity contribution is -0.124. The van der Waals surface area contributed by atoms with Gasteiger partial charge in [-0.25, -0.2) is 0 Å². The Morgan fingerprint density at radius 1 is 1.00 bits per heavy atom. The highest BCUT2D eigenvalue weighted by atomic mass is 35.5. The number of aliphatic hydroxyl groups is 1. The second kappa shape index (κ2) is 6.06. The molecule has 5 heteroatoms. The third-order valence-electron chi connectivity index (χ3n) is 2.56. The summed E-state index contributed by atoms with van der Waals surface area (Å²) in [6.45, 7) is 0. The number of benzene rings is 2. The predicted octanol–water partition coefficient (Wildman–Crippen LogP) is 3.67. The van der Waals surface area contributed by atoms with Crippen molar-refractivity contribution in [1.29, 1.82) is 0 Å². The van der Waals surface area contributed by atoms with Crippen molar-refractivity contribution in [3.8, 4) is 0 Å². The van der Waals surface area contributed by atoms with E-state index in [1.54, 1.807) is 42.5 Å². The lowest BCUT2D eigenvalue weighted by Crippen LogP contribution is -2.21. The average Bonchev–Trinajstić information content (AvgIpc) is 2.39. The zero-order chi connectivity index (χ0) is 13.8. The zero-order valence-electron chi connectivity index (χ0n) is 9.81. The van der Waals surface area contributed by atoms with Gasteiger partial charge in [0.15, 0.2) is 6.10 Å². The molecular formula is C14H11Cl2NO2. The summed E-state index contributed by atoms with van der Waals surface area (Å²) in [5.41, 5.74) is 0.800. The van der Waals surface area contributed by atoms with Gasteiger partial charge in [-0.05, 0) is 24.3 Å². The molecule has 0 aromatic heterocycles. The predicted molar refractivity (Wildman–Crippen MR) is 76.5 cm³/mol. The Hall–Kier alpha value is -1.55. The maximum Gasteiger partial charge on any atom is 0.257 e. The van der Waals surface area contributed by atoms with E-state index in [4.69, 9.17) is 23.2 Å². The molecule has 0 bridgehead atoms. The number of amides is 1. The van der Waals surface area contributed by atoms with E-state index in [9.17, 15) is 9.90 Å². The summed E-state index contributed by atoms with van der Waals surface area (Å²) in [4.78, 5) is 11.9. The average molecular weight is 296 g/mol. The Kier molecular flexibility index (Phi) is 4.43. The fourth-order valence-electron chi connectivity index (χ4n) is 1.64. The molecule has 0 spiro atoms. The normalized spacial score (nSPS) is 11.9. The van der Waals surface area contributed by atoms with Crippen LogP contribution in [0.1, 0.15) is 11.7 Å². The van der Waals surface area contributed by atoms with Crippen LogP contribution in [0.2, 0.25) is 10.0 Å². The Labute approximate surface area is 120 Å². The first kappa shape index (κ1) is 13.9. The van der Waals surface area contributed by atoms with E-state index in [1.165, 1.54) is 0 Å². The summed E-state index contributed by atoms with van der Waals surface area (Å²) in [7, 11) is 0. The molecule has 2 aromatic carbocycles. The molecule has 1 unspecified atom stereocenters. The molecule has 0 radical (unpaired) electrons. The number of para-hydroxylation sites is 1. The van der Waals surface area contributed by atoms with Crippen LogP contribution in [-0.2, 0) is 4.79 Å². The summed E-state index contributed by atoms with van der Waals surface area (Å²) < 4.78 is 0. The van der Waals surface area contributed by atoms with Crippen molar-refractivity contribution in [3.05, 3.63) is 64.1 Å². The molecule has 1 amide bonds. The monoisotopic (exact) mass is 295 g/mol. The van der Waals surface area contributed by atoms with Crippen LogP contribution in [0.3, 0.4) is 0 Å². The highest BCUT2D eigenvalue weighted by Crippen LogP contribution is 2.30. The summed E-state index contributed by atoms with van der Waals surface area (Å²) in [6, 6.07) is 13.6. The molecular weight excluding hydrogens is 285 g/mol. The standard InChI is InChI=1S/C14H11Cl2NO2/c15-10-7-4-8-11(16)12(10)13(18)14(19)17-9-5-2-1-3-6-9/h1-8,13,18H,(H,17,19). The van der Waals surface area contributed by atoms with Gasteiger partial charge in [-0.2, -0.15) is 0 Å². The van der Waals surface area contributed by atoms with Crippen LogP contribution < -0.4 is 5.32 Å². The second-order valence-corrected chi connectivity index (χ2v) is 4.71. The largest absolute Gasteiger partial charge is 0.378 e. The van der Waals surface area contributed by atoms with Crippen molar-refractivity contribution in [3.63, 3.8) is 0 Å². The number of anilines is 1. The van der Waals surface area contributed by atoms with Crippen LogP contribution in [0.25, 0.3) is 0 Å². The van der Waals surface area contributed by atoms with Crippen LogP contribution >= 0.6 is 23.2 Å². The van der Waals surface area contributed by atoms with E-state index >= 15 is 0 Å². The van der Waals surface area contributed by atoms with Gasteiger partial charge >= 0.3 is 0 Å². The number of carbonyl (C=O) groups is 1. The zero-order valence-corrected chi connectivity index (χ0v) is 11.3. The van der Waals surface area contributed by atoms with E-state index in [2.05, 4.69) is 5.32 Å². The van der Waals surface area contributed by atoms with Crippen LogP contribution in [-0.4, -0.2) is 11.0 Å². The highest BCUT2D eigenvalue weighted by molar-refractivity contribution is 6.36. The summed E-state index contributed by atoms with van der Waals surface area (Å²) in [6.07, 6.45) is -1.42. The first-order chi connectivity index (χ1) is 9.09. The van der Waals surface area contributed by atoms with Gasteiger partial charge in [0.1, 0.15) is 0 Å². The van der Waals surface area contributed by atoms with E-state index in [0.717, 1.165) is 0 Å². The number of halogens is 2. The molecule has 2 N–H and O–H groups in total. The minimum Gasteiger partial charge on any atom is -0.378 e. The van der Waals surface area contributed by atoms with Gasteiger partial charge in [0, 0.05) is 21.3 Å². The van der Waals surface area contributed by atoms with E-state index in [0.29, 0.717) is 5.69 Å². The fourth-order valence-corrected chi connectivity index (χ4v) is 2.24. The first-order valence-electron chi connectivity index (χ1n) is 5.57. The van der Waals surface area contributed by atoms with Crippen molar-refractivity contribution in [2.75, 3.05) is 5.32 Å². The quantitative estimate of drug-likeness (QED) is 0.908. The maximum absolute atomic E-state index is 11.9. The van der Waals surface area contributed by atoms with E-state index < -0.39 is 12.0 Å². The number of rotatable bonds is 3. The second-order valence-electron chi connectivity index (χ2n) is 3.89. The van der Waals surface area contributed by atoms with Crippen LogP contribution in [0.15, 0.2) is 48.5 Å². The van der Waals surface area contributed by atoms with Gasteiger partial charge in [-0.15, -0.1) is 0 Å². The van der Waals surface area contributed by atoms with Crippen molar-refractivity contribution < 1.29 is 9.90 Å². The van der Waals surface area contributed by atoms with Crippen molar-refractivity contribution >= 4 is 34.8 Å². The molecule has 2 rings (SSSR count). The first-order valence-corrected chi connectivity index (χ1v) is 6.33. The van der Waals surface area contributed by atoms with E-state index in [1.807, 2.05) is 6.07 Å². The lowest BCUT2D eigenvalue weighted by atomic mass is 10.1. The maximum atomic E-state index is 11.9. The lowest BCUT2D eigenvalue weighted by Gasteiger charge is -2.14. The molecule has 0 aliphatic carbocycles. The number of hydrogen-bond acceptors (Lipinski definition) is 2. The Bertz CT molecular complexity index is 567. The number of nitrogens with one attached hydrogen (secondary N) is 1. The summed E-state index contributed by atoms with van der Waals surface area (Å²) in [5.74, 6) is -0.582. The third kappa shape index (κ3) is 3.26. The van der Waals surface area contributed by atoms with Gasteiger partial charge in [0.25, 0.3) is 5.91 Å². The van der Waals surface area contributed by atoms with Gasteiger partial charge in [0.2, 0.25) is 0 Å².